The average molecular weight is 289 g/mol. The molecule has 104 valence electrons. The predicted octanol–water partition coefficient (Wildman–Crippen LogP) is 3.17. The molecule has 2 aromatic carbocycles. The highest BCUT2D eigenvalue weighted by Crippen LogP contribution is 2.35. The van der Waals surface area contributed by atoms with E-state index < -0.39 is 0 Å². The van der Waals surface area contributed by atoms with Crippen molar-refractivity contribution >= 4 is 17.3 Å². The minimum absolute atomic E-state index is 0.0625. The fourth-order valence-corrected chi connectivity index (χ4v) is 2.91. The summed E-state index contributed by atoms with van der Waals surface area (Å²) in [6, 6.07) is 11.9. The minimum Gasteiger partial charge on any atom is -0.497 e. The van der Waals surface area contributed by atoms with Gasteiger partial charge in [0.15, 0.2) is 0 Å². The molecule has 0 spiro atoms. The fraction of sp³-hybridized carbons (Fsp3) is 0.250. The van der Waals surface area contributed by atoms with Gasteiger partial charge in [0.25, 0.3) is 0 Å². The number of hydrogen-bond acceptors (Lipinski definition) is 3. The zero-order valence-corrected chi connectivity index (χ0v) is 12.1. The summed E-state index contributed by atoms with van der Waals surface area (Å²) in [7, 11) is 1.68. The largest absolute Gasteiger partial charge is 0.497 e. The van der Waals surface area contributed by atoms with Crippen molar-refractivity contribution in [3.8, 4) is 5.75 Å². The molecule has 0 aromatic heterocycles. The zero-order chi connectivity index (χ0) is 14.1. The van der Waals surface area contributed by atoms with Crippen LogP contribution in [0.4, 0.5) is 5.69 Å². The Morgan fingerprint density at radius 1 is 1.20 bits per heavy atom. The van der Waals surface area contributed by atoms with Crippen LogP contribution < -0.4 is 15.8 Å². The molecule has 0 fully saturated rings. The van der Waals surface area contributed by atoms with Crippen molar-refractivity contribution in [3.63, 3.8) is 0 Å². The van der Waals surface area contributed by atoms with Crippen LogP contribution in [0.1, 0.15) is 22.7 Å². The molecule has 3 nitrogen and oxygen atoms in total. The topological polar surface area (TPSA) is 47.3 Å². The van der Waals surface area contributed by atoms with Crippen LogP contribution >= 0.6 is 11.6 Å². The molecule has 20 heavy (non-hydrogen) atoms. The van der Waals surface area contributed by atoms with E-state index >= 15 is 0 Å². The van der Waals surface area contributed by atoms with Crippen molar-refractivity contribution in [1.29, 1.82) is 0 Å². The molecule has 1 heterocycles. The summed E-state index contributed by atoms with van der Waals surface area (Å²) in [5.41, 5.74) is 10.4. The van der Waals surface area contributed by atoms with Crippen LogP contribution in [0, 0.1) is 0 Å². The summed E-state index contributed by atoms with van der Waals surface area (Å²) in [5, 5.41) is 4.22. The molecule has 1 unspecified atom stereocenters. The van der Waals surface area contributed by atoms with Crippen LogP contribution in [-0.2, 0) is 6.42 Å². The Kier molecular flexibility index (Phi) is 3.55. The molecule has 0 saturated carbocycles. The SMILES string of the molecule is COc1ccc2c(c1)C(c1cc(Cl)ccc1N)NCC2. The number of halogens is 1. The number of fused-ring (bicyclic) bond motifs is 1. The van der Waals surface area contributed by atoms with E-state index in [1.54, 1.807) is 7.11 Å². The lowest BCUT2D eigenvalue weighted by atomic mass is 9.89. The molecular weight excluding hydrogens is 272 g/mol. The first-order valence-corrected chi connectivity index (χ1v) is 7.02. The maximum Gasteiger partial charge on any atom is 0.119 e. The maximum absolute atomic E-state index is 6.12. The molecule has 0 saturated heterocycles. The highest BCUT2D eigenvalue weighted by molar-refractivity contribution is 6.30. The molecule has 4 heteroatoms. The summed E-state index contributed by atoms with van der Waals surface area (Å²) in [4.78, 5) is 0. The first-order chi connectivity index (χ1) is 9.69. The molecule has 3 rings (SSSR count). The van der Waals surface area contributed by atoms with Crippen LogP contribution in [0.25, 0.3) is 0 Å². The number of rotatable bonds is 2. The highest BCUT2D eigenvalue weighted by atomic mass is 35.5. The van der Waals surface area contributed by atoms with Crippen LogP contribution in [0.2, 0.25) is 5.02 Å². The third kappa shape index (κ3) is 2.35. The molecule has 1 atom stereocenters. The molecule has 3 N–H and O–H groups in total. The average Bonchev–Trinajstić information content (AvgIpc) is 2.48. The molecule has 2 aromatic rings. The number of ether oxygens (including phenoxy) is 1. The second kappa shape index (κ2) is 5.35. The molecule has 1 aliphatic heterocycles. The fourth-order valence-electron chi connectivity index (χ4n) is 2.73. The quantitative estimate of drug-likeness (QED) is 0.835. The Morgan fingerprint density at radius 2 is 2.05 bits per heavy atom. The minimum atomic E-state index is 0.0625. The lowest BCUT2D eigenvalue weighted by Gasteiger charge is -2.28. The first-order valence-electron chi connectivity index (χ1n) is 6.64. The monoisotopic (exact) mass is 288 g/mol. The predicted molar refractivity (Wildman–Crippen MR) is 82.4 cm³/mol. The Bertz CT molecular complexity index is 642. The van der Waals surface area contributed by atoms with Gasteiger partial charge in [-0.05, 0) is 53.4 Å². The van der Waals surface area contributed by atoms with E-state index in [-0.39, 0.29) is 6.04 Å². The first kappa shape index (κ1) is 13.3. The van der Waals surface area contributed by atoms with Gasteiger partial charge in [0.1, 0.15) is 5.75 Å². The van der Waals surface area contributed by atoms with E-state index in [4.69, 9.17) is 22.1 Å². The van der Waals surface area contributed by atoms with Crippen LogP contribution in [0.5, 0.6) is 5.75 Å². The maximum atomic E-state index is 6.12. The lowest BCUT2D eigenvalue weighted by molar-refractivity contribution is 0.412. The van der Waals surface area contributed by atoms with Gasteiger partial charge in [0, 0.05) is 17.3 Å². The summed E-state index contributed by atoms with van der Waals surface area (Å²) >= 11 is 6.11. The number of methoxy groups -OCH3 is 1. The van der Waals surface area contributed by atoms with E-state index in [0.29, 0.717) is 5.02 Å². The Morgan fingerprint density at radius 3 is 2.85 bits per heavy atom. The number of nitrogens with one attached hydrogen (secondary N) is 1. The van der Waals surface area contributed by atoms with Crippen molar-refractivity contribution < 1.29 is 4.74 Å². The van der Waals surface area contributed by atoms with Crippen LogP contribution in [0.15, 0.2) is 36.4 Å². The van der Waals surface area contributed by atoms with Gasteiger partial charge in [0.05, 0.1) is 13.2 Å². The van der Waals surface area contributed by atoms with Gasteiger partial charge in [-0.2, -0.15) is 0 Å². The van der Waals surface area contributed by atoms with Gasteiger partial charge < -0.3 is 15.8 Å². The Labute approximate surface area is 123 Å². The highest BCUT2D eigenvalue weighted by Gasteiger charge is 2.23. The van der Waals surface area contributed by atoms with E-state index in [1.807, 2.05) is 24.3 Å². The summed E-state index contributed by atoms with van der Waals surface area (Å²) in [5.74, 6) is 0.859. The Balaban J connectivity index is 2.11. The van der Waals surface area contributed by atoms with Crippen molar-refractivity contribution in [3.05, 3.63) is 58.1 Å². The normalized spacial score (nSPS) is 17.6. The Hall–Kier alpha value is -1.71. The van der Waals surface area contributed by atoms with Gasteiger partial charge in [-0.1, -0.05) is 17.7 Å². The van der Waals surface area contributed by atoms with Gasteiger partial charge in [-0.25, -0.2) is 0 Å². The molecule has 0 radical (unpaired) electrons. The second-order valence-corrected chi connectivity index (χ2v) is 5.41. The van der Waals surface area contributed by atoms with Crippen LogP contribution in [-0.4, -0.2) is 13.7 Å². The molecular formula is C16H17ClN2O. The molecule has 0 aliphatic carbocycles. The summed E-state index contributed by atoms with van der Waals surface area (Å²) in [6.07, 6.45) is 1.01. The third-order valence-electron chi connectivity index (χ3n) is 3.77. The lowest BCUT2D eigenvalue weighted by Crippen LogP contribution is -2.31. The second-order valence-electron chi connectivity index (χ2n) is 4.98. The van der Waals surface area contributed by atoms with Crippen molar-refractivity contribution in [2.45, 2.75) is 12.5 Å². The number of hydrogen-bond donors (Lipinski definition) is 2. The van der Waals surface area contributed by atoms with E-state index in [1.165, 1.54) is 11.1 Å². The van der Waals surface area contributed by atoms with E-state index in [2.05, 4.69) is 17.4 Å². The number of anilines is 1. The standard InChI is InChI=1S/C16H17ClN2O/c1-20-12-4-2-10-6-7-19-16(13(10)9-12)14-8-11(17)3-5-15(14)18/h2-5,8-9,16,19H,6-7,18H2,1H3. The van der Waals surface area contributed by atoms with Crippen molar-refractivity contribution in [2.75, 3.05) is 19.4 Å². The van der Waals surface area contributed by atoms with E-state index in [0.717, 1.165) is 30.0 Å². The van der Waals surface area contributed by atoms with Gasteiger partial charge in [-0.15, -0.1) is 0 Å². The van der Waals surface area contributed by atoms with E-state index in [9.17, 15) is 0 Å². The third-order valence-corrected chi connectivity index (χ3v) is 4.00. The molecule has 0 amide bonds. The molecule has 0 bridgehead atoms. The number of nitrogens with two attached hydrogens (primary N) is 1. The smallest absolute Gasteiger partial charge is 0.119 e. The van der Waals surface area contributed by atoms with Gasteiger partial charge >= 0.3 is 0 Å². The zero-order valence-electron chi connectivity index (χ0n) is 11.3. The van der Waals surface area contributed by atoms with Crippen LogP contribution in [0.3, 0.4) is 0 Å². The summed E-state index contributed by atoms with van der Waals surface area (Å²) < 4.78 is 5.33. The summed E-state index contributed by atoms with van der Waals surface area (Å²) in [6.45, 7) is 0.927. The van der Waals surface area contributed by atoms with Crippen molar-refractivity contribution in [1.82, 2.24) is 5.32 Å². The number of nitrogen functional groups attached to an aromatic ring is 1. The van der Waals surface area contributed by atoms with Gasteiger partial charge in [0.2, 0.25) is 0 Å². The van der Waals surface area contributed by atoms with Crippen molar-refractivity contribution in [2.24, 2.45) is 0 Å². The molecule has 1 aliphatic rings. The number of benzene rings is 2. The van der Waals surface area contributed by atoms with Gasteiger partial charge in [-0.3, -0.25) is 0 Å².